The van der Waals surface area contributed by atoms with Gasteiger partial charge in [-0.3, -0.25) is 25.2 Å². The summed E-state index contributed by atoms with van der Waals surface area (Å²) in [5, 5.41) is 3.29. The number of rotatable bonds is 5. The highest BCUT2D eigenvalue weighted by atomic mass is 35.5. The highest BCUT2D eigenvalue weighted by molar-refractivity contribution is 6.30. The second kappa shape index (κ2) is 8.23. The molecule has 114 valence electrons. The summed E-state index contributed by atoms with van der Waals surface area (Å²) < 4.78 is 0. The van der Waals surface area contributed by atoms with E-state index in [9.17, 15) is 14.4 Å². The molecule has 1 unspecified atom stereocenters. The molecule has 0 bridgehead atoms. The van der Waals surface area contributed by atoms with Gasteiger partial charge >= 0.3 is 0 Å². The summed E-state index contributed by atoms with van der Waals surface area (Å²) in [4.78, 5) is 34.5. The first-order valence-corrected chi connectivity index (χ1v) is 6.66. The number of likely N-dealkylation sites (N-methyl/N-ethyl adjacent to an activating group) is 1. The molecule has 3 amide bonds. The lowest BCUT2D eigenvalue weighted by atomic mass is 10.3. The summed E-state index contributed by atoms with van der Waals surface area (Å²) in [7, 11) is 1.70. The molecule has 8 heteroatoms. The summed E-state index contributed by atoms with van der Waals surface area (Å²) in [5.41, 5.74) is 5.06. The maximum Gasteiger partial charge on any atom is 0.293 e. The minimum atomic E-state index is -0.373. The minimum Gasteiger partial charge on any atom is -0.322 e. The molecule has 1 atom stereocenters. The number of anilines is 1. The lowest BCUT2D eigenvalue weighted by molar-refractivity contribution is -0.862. The number of hydrogen-bond donors (Lipinski definition) is 4. The molecule has 0 spiro atoms. The maximum absolute atomic E-state index is 11.8. The van der Waals surface area contributed by atoms with Crippen molar-refractivity contribution in [1.29, 1.82) is 0 Å². The highest BCUT2D eigenvalue weighted by Gasteiger charge is 2.14. The van der Waals surface area contributed by atoms with Crippen LogP contribution in [0, 0.1) is 0 Å². The van der Waals surface area contributed by atoms with E-state index in [1.54, 1.807) is 31.3 Å². The van der Waals surface area contributed by atoms with E-state index in [0.29, 0.717) is 15.6 Å². The van der Waals surface area contributed by atoms with Gasteiger partial charge in [0.25, 0.3) is 11.8 Å². The van der Waals surface area contributed by atoms with E-state index in [0.717, 1.165) is 0 Å². The molecule has 1 rings (SSSR count). The van der Waals surface area contributed by atoms with Gasteiger partial charge in [0.15, 0.2) is 13.1 Å². The molecule has 0 aliphatic rings. The first-order chi connectivity index (χ1) is 9.86. The Morgan fingerprint density at radius 1 is 1.05 bits per heavy atom. The van der Waals surface area contributed by atoms with E-state index in [2.05, 4.69) is 16.2 Å². The fourth-order valence-electron chi connectivity index (χ4n) is 1.55. The fourth-order valence-corrected chi connectivity index (χ4v) is 1.68. The number of amides is 3. The normalized spacial score (nSPS) is 11.4. The van der Waals surface area contributed by atoms with Gasteiger partial charge in [0, 0.05) is 17.6 Å². The van der Waals surface area contributed by atoms with Crippen molar-refractivity contribution in [1.82, 2.24) is 10.9 Å². The maximum atomic E-state index is 11.8. The summed E-state index contributed by atoms with van der Waals surface area (Å²) in [6.45, 7) is 1.47. The average molecular weight is 314 g/mol. The second-order valence-electron chi connectivity index (χ2n) is 4.60. The highest BCUT2D eigenvalue weighted by Crippen LogP contribution is 2.12. The molecule has 0 saturated carbocycles. The molecule has 0 aliphatic carbocycles. The topological polar surface area (TPSA) is 91.7 Å². The van der Waals surface area contributed by atoms with Gasteiger partial charge in [0.05, 0.1) is 7.05 Å². The zero-order valence-electron chi connectivity index (χ0n) is 11.8. The fraction of sp³-hybridized carbons (Fsp3) is 0.308. The Kier molecular flexibility index (Phi) is 6.64. The molecular weight excluding hydrogens is 296 g/mol. The van der Waals surface area contributed by atoms with Crippen molar-refractivity contribution in [3.05, 3.63) is 29.3 Å². The average Bonchev–Trinajstić information content (AvgIpc) is 2.38. The van der Waals surface area contributed by atoms with E-state index < -0.39 is 0 Å². The van der Waals surface area contributed by atoms with Crippen molar-refractivity contribution in [3.63, 3.8) is 0 Å². The van der Waals surface area contributed by atoms with Crippen molar-refractivity contribution in [2.45, 2.75) is 6.92 Å². The van der Waals surface area contributed by atoms with Gasteiger partial charge in [0.2, 0.25) is 5.91 Å². The largest absolute Gasteiger partial charge is 0.322 e. The van der Waals surface area contributed by atoms with Crippen LogP contribution in [-0.2, 0) is 14.4 Å². The van der Waals surface area contributed by atoms with Crippen LogP contribution in [0.2, 0.25) is 5.02 Å². The van der Waals surface area contributed by atoms with E-state index in [1.165, 1.54) is 6.92 Å². The number of nitrogens with one attached hydrogen (secondary N) is 4. The molecule has 0 radical (unpaired) electrons. The molecule has 0 fully saturated rings. The SMILES string of the molecule is CC(=O)NNC(=O)C[NH+](C)CC(=O)Nc1ccc(Cl)cc1. The van der Waals surface area contributed by atoms with Gasteiger partial charge in [-0.25, -0.2) is 0 Å². The van der Waals surface area contributed by atoms with E-state index in [4.69, 9.17) is 11.6 Å². The van der Waals surface area contributed by atoms with Crippen molar-refractivity contribution >= 4 is 35.0 Å². The number of hydrazine groups is 1. The van der Waals surface area contributed by atoms with Crippen molar-refractivity contribution in [3.8, 4) is 0 Å². The Morgan fingerprint density at radius 2 is 1.62 bits per heavy atom. The zero-order chi connectivity index (χ0) is 15.8. The summed E-state index contributed by atoms with van der Waals surface area (Å²) in [5.74, 6) is -0.953. The predicted octanol–water partition coefficient (Wildman–Crippen LogP) is -1.04. The molecule has 7 nitrogen and oxygen atoms in total. The van der Waals surface area contributed by atoms with Crippen LogP contribution in [0.5, 0.6) is 0 Å². The summed E-state index contributed by atoms with van der Waals surface area (Å²) in [6.07, 6.45) is 0. The minimum absolute atomic E-state index is 0.0638. The number of quaternary nitrogens is 1. The van der Waals surface area contributed by atoms with Gasteiger partial charge < -0.3 is 10.2 Å². The summed E-state index contributed by atoms with van der Waals surface area (Å²) in [6, 6.07) is 6.74. The molecular formula is C13H18ClN4O3+. The Bertz CT molecular complexity index is 519. The molecule has 0 aromatic heterocycles. The molecule has 0 saturated heterocycles. The molecule has 4 N–H and O–H groups in total. The number of benzene rings is 1. The van der Waals surface area contributed by atoms with Crippen molar-refractivity contribution in [2.75, 3.05) is 25.5 Å². The van der Waals surface area contributed by atoms with Gasteiger partial charge in [-0.05, 0) is 24.3 Å². The molecule has 0 aliphatic heterocycles. The van der Waals surface area contributed by atoms with Gasteiger partial charge in [-0.15, -0.1) is 0 Å². The third kappa shape index (κ3) is 7.28. The Balaban J connectivity index is 2.34. The number of carbonyl (C=O) groups excluding carboxylic acids is 3. The smallest absolute Gasteiger partial charge is 0.293 e. The lowest BCUT2D eigenvalue weighted by Crippen LogP contribution is -3.11. The molecule has 1 aromatic rings. The number of halogens is 1. The summed E-state index contributed by atoms with van der Waals surface area (Å²) >= 11 is 5.75. The predicted molar refractivity (Wildman–Crippen MR) is 78.7 cm³/mol. The first kappa shape index (κ1) is 16.9. The third-order valence-corrected chi connectivity index (χ3v) is 2.68. The Morgan fingerprint density at radius 3 is 2.19 bits per heavy atom. The van der Waals surface area contributed by atoms with Crippen LogP contribution in [0.15, 0.2) is 24.3 Å². The van der Waals surface area contributed by atoms with E-state index in [-0.39, 0.29) is 30.8 Å². The standard InChI is InChI=1S/C13H17ClN4O3/c1-9(19)16-17-13(21)8-18(2)7-12(20)15-11-5-3-10(14)4-6-11/h3-6H,7-8H2,1-2H3,(H,15,20)(H,16,19)(H,17,21)/p+1. The van der Waals surface area contributed by atoms with Crippen LogP contribution in [0.25, 0.3) is 0 Å². The second-order valence-corrected chi connectivity index (χ2v) is 5.03. The quantitative estimate of drug-likeness (QED) is 0.523. The molecule has 21 heavy (non-hydrogen) atoms. The van der Waals surface area contributed by atoms with Crippen LogP contribution < -0.4 is 21.1 Å². The number of hydrogen-bond acceptors (Lipinski definition) is 3. The third-order valence-electron chi connectivity index (χ3n) is 2.43. The van der Waals surface area contributed by atoms with Crippen LogP contribution in [-0.4, -0.2) is 37.9 Å². The zero-order valence-corrected chi connectivity index (χ0v) is 12.6. The van der Waals surface area contributed by atoms with Crippen LogP contribution in [0.1, 0.15) is 6.92 Å². The Hall–Kier alpha value is -2.12. The van der Waals surface area contributed by atoms with E-state index in [1.807, 2.05) is 0 Å². The first-order valence-electron chi connectivity index (χ1n) is 6.29. The van der Waals surface area contributed by atoms with Crippen molar-refractivity contribution < 1.29 is 19.3 Å². The van der Waals surface area contributed by atoms with Crippen LogP contribution in [0.3, 0.4) is 0 Å². The van der Waals surface area contributed by atoms with Crippen molar-refractivity contribution in [2.24, 2.45) is 0 Å². The van der Waals surface area contributed by atoms with Gasteiger partial charge in [0.1, 0.15) is 0 Å². The lowest BCUT2D eigenvalue weighted by Gasteiger charge is -2.13. The number of carbonyl (C=O) groups is 3. The Labute approximate surface area is 127 Å². The van der Waals surface area contributed by atoms with E-state index >= 15 is 0 Å². The molecule has 1 aromatic carbocycles. The molecule has 0 heterocycles. The van der Waals surface area contributed by atoms with Gasteiger partial charge in [-0.2, -0.15) is 0 Å². The van der Waals surface area contributed by atoms with Gasteiger partial charge in [-0.1, -0.05) is 11.6 Å². The van der Waals surface area contributed by atoms with Crippen LogP contribution in [0.4, 0.5) is 5.69 Å². The monoisotopic (exact) mass is 313 g/mol. The van der Waals surface area contributed by atoms with Crippen LogP contribution >= 0.6 is 11.6 Å².